The fourth-order valence-corrected chi connectivity index (χ4v) is 4.46. The number of amides is 2. The zero-order valence-corrected chi connectivity index (χ0v) is 17.5. The molecule has 27 heavy (non-hydrogen) atoms. The number of anilines is 1. The monoisotopic (exact) mass is 418 g/mol. The minimum Gasteiger partial charge on any atom is -0.296 e. The summed E-state index contributed by atoms with van der Waals surface area (Å²) in [4.78, 5) is 26.4. The smallest absolute Gasteiger partial charge is 0.265 e. The summed E-state index contributed by atoms with van der Waals surface area (Å²) in [5.41, 5.74) is 1.34. The van der Waals surface area contributed by atoms with Crippen molar-refractivity contribution in [3.63, 3.8) is 0 Å². The molecule has 3 rings (SSSR count). The van der Waals surface area contributed by atoms with Gasteiger partial charge in [0.2, 0.25) is 5.13 Å². The van der Waals surface area contributed by atoms with Crippen molar-refractivity contribution in [1.82, 2.24) is 15.1 Å². The molecule has 0 bridgehead atoms. The molecule has 0 unspecified atom stereocenters. The van der Waals surface area contributed by atoms with Crippen LogP contribution in [-0.2, 0) is 11.2 Å². The van der Waals surface area contributed by atoms with E-state index in [0.717, 1.165) is 17.0 Å². The van der Waals surface area contributed by atoms with E-state index in [1.54, 1.807) is 37.4 Å². The van der Waals surface area contributed by atoms with Crippen LogP contribution in [0.25, 0.3) is 6.08 Å². The number of carbonyl (C=O) groups excluding carboxylic acids is 2. The average Bonchev–Trinajstić information content (AvgIpc) is 3.15. The average molecular weight is 419 g/mol. The van der Waals surface area contributed by atoms with E-state index in [4.69, 9.17) is 12.2 Å². The van der Waals surface area contributed by atoms with Gasteiger partial charge in [0.25, 0.3) is 11.8 Å². The van der Waals surface area contributed by atoms with Crippen molar-refractivity contribution in [3.05, 3.63) is 45.3 Å². The number of thiocarbonyl (C=S) groups is 1. The predicted molar refractivity (Wildman–Crippen MR) is 114 cm³/mol. The summed E-state index contributed by atoms with van der Waals surface area (Å²) in [6, 6.07) is 7.01. The van der Waals surface area contributed by atoms with Gasteiger partial charge in [0.05, 0.1) is 4.91 Å². The molecule has 2 amide bonds. The topological polar surface area (TPSA) is 75.2 Å². The van der Waals surface area contributed by atoms with Gasteiger partial charge in [-0.25, -0.2) is 0 Å². The minimum atomic E-state index is -0.242. The van der Waals surface area contributed by atoms with Crippen molar-refractivity contribution in [1.29, 1.82) is 0 Å². The number of carbonyl (C=O) groups is 2. The Hall–Kier alpha value is -2.10. The Bertz CT molecular complexity index is 919. The van der Waals surface area contributed by atoms with Crippen LogP contribution in [0.4, 0.5) is 5.13 Å². The largest absolute Gasteiger partial charge is 0.296 e. The molecule has 0 spiro atoms. The first-order valence-corrected chi connectivity index (χ1v) is 10.3. The van der Waals surface area contributed by atoms with Gasteiger partial charge in [-0.1, -0.05) is 61.3 Å². The van der Waals surface area contributed by atoms with Crippen LogP contribution in [0.15, 0.2) is 29.2 Å². The summed E-state index contributed by atoms with van der Waals surface area (Å²) in [5, 5.41) is 12.3. The first-order valence-electron chi connectivity index (χ1n) is 8.29. The van der Waals surface area contributed by atoms with Gasteiger partial charge in [0, 0.05) is 19.0 Å². The lowest BCUT2D eigenvalue weighted by molar-refractivity contribution is -0.121. The first kappa shape index (κ1) is 19.7. The second-order valence-electron chi connectivity index (χ2n) is 6.42. The van der Waals surface area contributed by atoms with Gasteiger partial charge in [0.1, 0.15) is 9.33 Å². The first-order chi connectivity index (χ1) is 12.8. The Morgan fingerprint density at radius 3 is 2.59 bits per heavy atom. The lowest BCUT2D eigenvalue weighted by atomic mass is 10.1. The number of hydrogen-bond acceptors (Lipinski definition) is 7. The van der Waals surface area contributed by atoms with Gasteiger partial charge in [-0.3, -0.25) is 19.8 Å². The Labute approximate surface area is 171 Å². The van der Waals surface area contributed by atoms with Gasteiger partial charge in [-0.05, 0) is 29.7 Å². The summed E-state index contributed by atoms with van der Waals surface area (Å²) in [7, 11) is 1.66. The van der Waals surface area contributed by atoms with Gasteiger partial charge in [0.15, 0.2) is 0 Å². The van der Waals surface area contributed by atoms with Crippen molar-refractivity contribution in [2.24, 2.45) is 5.92 Å². The third-order valence-electron chi connectivity index (χ3n) is 3.73. The summed E-state index contributed by atoms with van der Waals surface area (Å²) in [6.07, 6.45) is 2.61. The zero-order valence-electron chi connectivity index (χ0n) is 15.1. The Balaban J connectivity index is 1.66. The van der Waals surface area contributed by atoms with Crippen LogP contribution in [0.3, 0.4) is 0 Å². The number of rotatable bonds is 5. The van der Waals surface area contributed by atoms with Crippen LogP contribution in [0.2, 0.25) is 0 Å². The van der Waals surface area contributed by atoms with E-state index in [0.29, 0.717) is 25.8 Å². The molecule has 1 aromatic heterocycles. The number of hydrogen-bond donors (Lipinski definition) is 1. The van der Waals surface area contributed by atoms with E-state index < -0.39 is 0 Å². The second kappa shape index (κ2) is 8.28. The van der Waals surface area contributed by atoms with E-state index in [2.05, 4.69) is 29.4 Å². The molecule has 9 heteroatoms. The van der Waals surface area contributed by atoms with Crippen LogP contribution >= 0.6 is 35.3 Å². The molecule has 140 valence electrons. The third kappa shape index (κ3) is 4.79. The minimum absolute atomic E-state index is 0.111. The molecule has 1 saturated heterocycles. The maximum Gasteiger partial charge on any atom is 0.265 e. The van der Waals surface area contributed by atoms with E-state index in [9.17, 15) is 9.59 Å². The molecular weight excluding hydrogens is 400 g/mol. The molecule has 0 saturated carbocycles. The highest BCUT2D eigenvalue weighted by Crippen LogP contribution is 2.31. The van der Waals surface area contributed by atoms with Gasteiger partial charge in [-0.2, -0.15) is 0 Å². The molecule has 1 N–H and O–H groups in total. The number of nitrogens with zero attached hydrogens (tertiary/aromatic N) is 3. The number of nitrogens with one attached hydrogen (secondary N) is 1. The number of likely N-dealkylation sites (N-methyl/N-ethyl adjacent to an activating group) is 1. The summed E-state index contributed by atoms with van der Waals surface area (Å²) in [5.74, 6) is 0.135. The van der Waals surface area contributed by atoms with Crippen molar-refractivity contribution < 1.29 is 9.59 Å². The molecule has 0 radical (unpaired) electrons. The van der Waals surface area contributed by atoms with E-state index >= 15 is 0 Å². The van der Waals surface area contributed by atoms with Crippen molar-refractivity contribution >= 4 is 62.7 Å². The molecule has 0 atom stereocenters. The number of aromatic nitrogens is 2. The molecule has 1 aliphatic rings. The maximum atomic E-state index is 12.4. The Morgan fingerprint density at radius 1 is 1.30 bits per heavy atom. The highest BCUT2D eigenvalue weighted by atomic mass is 32.2. The highest BCUT2D eigenvalue weighted by Gasteiger charge is 2.28. The molecule has 1 aromatic carbocycles. The normalized spacial score (nSPS) is 15.9. The predicted octanol–water partition coefficient (Wildman–Crippen LogP) is 3.82. The molecule has 6 nitrogen and oxygen atoms in total. The van der Waals surface area contributed by atoms with Crippen LogP contribution < -0.4 is 5.32 Å². The summed E-state index contributed by atoms with van der Waals surface area (Å²) < 4.78 is 0.538. The lowest BCUT2D eigenvalue weighted by Crippen LogP contribution is -2.22. The van der Waals surface area contributed by atoms with Crippen molar-refractivity contribution in [3.8, 4) is 0 Å². The van der Waals surface area contributed by atoms with Gasteiger partial charge in [-0.15, -0.1) is 10.2 Å². The molecule has 0 aliphatic carbocycles. The highest BCUT2D eigenvalue weighted by molar-refractivity contribution is 8.26. The fourth-order valence-electron chi connectivity index (χ4n) is 2.33. The molecule has 1 fully saturated rings. The molecule has 2 heterocycles. The van der Waals surface area contributed by atoms with Gasteiger partial charge < -0.3 is 0 Å². The Morgan fingerprint density at radius 2 is 2.00 bits per heavy atom. The zero-order chi connectivity index (χ0) is 19.6. The maximum absolute atomic E-state index is 12.4. The molecule has 1 aliphatic heterocycles. The van der Waals surface area contributed by atoms with E-state index in [1.807, 2.05) is 0 Å². The van der Waals surface area contributed by atoms with Gasteiger partial charge >= 0.3 is 0 Å². The third-order valence-corrected chi connectivity index (χ3v) is 6.07. The van der Waals surface area contributed by atoms with Crippen molar-refractivity contribution in [2.75, 3.05) is 12.4 Å². The number of thioether (sulfide) groups is 1. The Kier molecular flexibility index (Phi) is 6.03. The lowest BCUT2D eigenvalue weighted by Gasteiger charge is -2.04. The standard InChI is InChI=1S/C18H18N4O2S3/c1-10(2)8-14-20-21-17(27-14)19-15(23)12-6-4-11(5-7-12)9-13-16(24)22(3)18(25)26-13/h4-7,9-10H,8H2,1-3H3,(H,19,21,23)/b13-9-. The summed E-state index contributed by atoms with van der Waals surface area (Å²) >= 11 is 7.78. The van der Waals surface area contributed by atoms with E-state index in [1.165, 1.54) is 28.0 Å². The second-order valence-corrected chi connectivity index (χ2v) is 9.15. The summed E-state index contributed by atoms with van der Waals surface area (Å²) in [6.45, 7) is 4.22. The number of benzene rings is 1. The van der Waals surface area contributed by atoms with Crippen LogP contribution in [0, 0.1) is 5.92 Å². The SMILES string of the molecule is CC(C)Cc1nnc(NC(=O)c2ccc(/C=C3\SC(=S)N(C)C3=O)cc2)s1. The van der Waals surface area contributed by atoms with E-state index in [-0.39, 0.29) is 11.8 Å². The van der Waals surface area contributed by atoms with Crippen LogP contribution in [0.1, 0.15) is 34.8 Å². The quantitative estimate of drug-likeness (QED) is 0.588. The fraction of sp³-hybridized carbons (Fsp3) is 0.278. The van der Waals surface area contributed by atoms with Crippen LogP contribution in [-0.4, -0.2) is 38.3 Å². The molecular formula is C18H18N4O2S3. The van der Waals surface area contributed by atoms with Crippen LogP contribution in [0.5, 0.6) is 0 Å². The van der Waals surface area contributed by atoms with Crippen molar-refractivity contribution in [2.45, 2.75) is 20.3 Å². The molecule has 2 aromatic rings.